The van der Waals surface area contributed by atoms with Crippen LogP contribution in [-0.4, -0.2) is 37.2 Å². The molecule has 0 N–H and O–H groups in total. The van der Waals surface area contributed by atoms with Crippen molar-refractivity contribution in [1.82, 2.24) is 0 Å². The molecule has 0 aromatic carbocycles. The maximum Gasteiger partial charge on any atom is 0.306 e. The minimum absolute atomic E-state index is 0.0771. The number of hydrogen-bond donors (Lipinski definition) is 0. The predicted molar refractivity (Wildman–Crippen MR) is 307 cm³/mol. The normalized spacial score (nSPS) is 12.2. The molecule has 0 amide bonds. The van der Waals surface area contributed by atoms with Gasteiger partial charge < -0.3 is 14.2 Å². The molecule has 0 rings (SSSR count). The van der Waals surface area contributed by atoms with E-state index in [0.29, 0.717) is 19.3 Å². The number of unbranched alkanes of at least 4 members (excludes halogenated alkanes) is 41. The number of carbonyl (C=O) groups is 3. The number of ether oxygens (including phenoxy) is 3. The summed E-state index contributed by atoms with van der Waals surface area (Å²) >= 11 is 0. The van der Waals surface area contributed by atoms with Crippen molar-refractivity contribution in [2.24, 2.45) is 0 Å². The highest BCUT2D eigenvalue weighted by molar-refractivity contribution is 5.71. The molecule has 0 spiro atoms. The first kappa shape index (κ1) is 68.6. The summed E-state index contributed by atoms with van der Waals surface area (Å²) in [6, 6.07) is 0. The monoisotopic (exact) mass is 997 g/mol. The number of allylic oxidation sites excluding steroid dienone is 6. The lowest BCUT2D eigenvalue weighted by molar-refractivity contribution is -0.167. The average Bonchev–Trinajstić information content (AvgIpc) is 3.37. The van der Waals surface area contributed by atoms with Gasteiger partial charge in [-0.25, -0.2) is 0 Å². The third kappa shape index (κ3) is 58.4. The Hall–Kier alpha value is -2.37. The number of hydrogen-bond acceptors (Lipinski definition) is 6. The van der Waals surface area contributed by atoms with E-state index >= 15 is 0 Å². The molecule has 0 radical (unpaired) electrons. The molecule has 0 aliphatic rings. The zero-order chi connectivity index (χ0) is 51.4. The molecule has 0 saturated carbocycles. The van der Waals surface area contributed by atoms with Gasteiger partial charge in [0.05, 0.1) is 0 Å². The molecule has 6 heteroatoms. The van der Waals surface area contributed by atoms with E-state index in [1.807, 2.05) is 0 Å². The summed E-state index contributed by atoms with van der Waals surface area (Å²) in [6.07, 6.45) is 73.2. The lowest BCUT2D eigenvalue weighted by Gasteiger charge is -2.18. The van der Waals surface area contributed by atoms with Gasteiger partial charge in [0.1, 0.15) is 13.2 Å². The van der Waals surface area contributed by atoms with Crippen molar-refractivity contribution in [2.75, 3.05) is 13.2 Å². The molecular weight excluding hydrogens is 877 g/mol. The second-order valence-corrected chi connectivity index (χ2v) is 21.3. The Bertz CT molecular complexity index is 1190. The minimum Gasteiger partial charge on any atom is -0.462 e. The lowest BCUT2D eigenvalue weighted by atomic mass is 10.0. The van der Waals surface area contributed by atoms with Gasteiger partial charge in [0, 0.05) is 19.3 Å². The molecule has 0 aliphatic heterocycles. The molecule has 71 heavy (non-hydrogen) atoms. The molecule has 0 fully saturated rings. The van der Waals surface area contributed by atoms with E-state index in [-0.39, 0.29) is 31.1 Å². The van der Waals surface area contributed by atoms with E-state index in [1.165, 1.54) is 212 Å². The Morgan fingerprint density at radius 1 is 0.282 bits per heavy atom. The summed E-state index contributed by atoms with van der Waals surface area (Å²) in [4.78, 5) is 38.1. The molecule has 1 atom stereocenters. The van der Waals surface area contributed by atoms with Crippen LogP contribution in [0.5, 0.6) is 0 Å². The maximum absolute atomic E-state index is 12.8. The highest BCUT2D eigenvalue weighted by atomic mass is 16.6. The van der Waals surface area contributed by atoms with Gasteiger partial charge in [-0.1, -0.05) is 295 Å². The number of rotatable bonds is 58. The SMILES string of the molecule is CCCC/C=C\C/C=C\CCCCCCCC(=O)OC(COC(=O)CCCCCCC/C=C\CCCC)COC(=O)CCCCCCCCCCCCCCCCCCCCCCCCCCCCCC. The molecule has 1 unspecified atom stereocenters. The van der Waals surface area contributed by atoms with Crippen LogP contribution in [0.2, 0.25) is 0 Å². The van der Waals surface area contributed by atoms with Gasteiger partial charge in [-0.05, 0) is 64.2 Å². The molecule has 416 valence electrons. The zero-order valence-electron chi connectivity index (χ0n) is 47.8. The Morgan fingerprint density at radius 3 is 0.831 bits per heavy atom. The number of carbonyl (C=O) groups excluding carboxylic acids is 3. The van der Waals surface area contributed by atoms with E-state index < -0.39 is 6.10 Å². The summed E-state index contributed by atoms with van der Waals surface area (Å²) < 4.78 is 16.9. The van der Waals surface area contributed by atoms with Crippen LogP contribution in [-0.2, 0) is 28.6 Å². The standard InChI is InChI=1S/C65H120O6/c1-4-7-10-13-16-19-22-24-26-27-28-29-30-31-32-33-34-35-36-37-38-39-41-43-46-49-52-55-58-64(67)70-61-62(60-69-63(66)57-54-51-48-45-42-21-18-15-12-9-6-3)71-65(68)59-56-53-50-47-44-40-25-23-20-17-14-11-8-5-2/h14-15,17-18,23,25,62H,4-13,16,19-22,24,26-61H2,1-3H3/b17-14-,18-15-,25-23-. The zero-order valence-corrected chi connectivity index (χ0v) is 47.8. The third-order valence-corrected chi connectivity index (χ3v) is 14.1. The van der Waals surface area contributed by atoms with Gasteiger partial charge in [0.2, 0.25) is 0 Å². The molecular formula is C65H120O6. The largest absolute Gasteiger partial charge is 0.462 e. The smallest absolute Gasteiger partial charge is 0.306 e. The molecule has 6 nitrogen and oxygen atoms in total. The van der Waals surface area contributed by atoms with Crippen molar-refractivity contribution in [2.45, 2.75) is 348 Å². The first-order valence-electron chi connectivity index (χ1n) is 31.5. The summed E-state index contributed by atoms with van der Waals surface area (Å²) in [7, 11) is 0. The summed E-state index contributed by atoms with van der Waals surface area (Å²) in [5, 5.41) is 0. The van der Waals surface area contributed by atoms with Crippen LogP contribution in [0.1, 0.15) is 342 Å². The van der Waals surface area contributed by atoms with Crippen LogP contribution in [0.15, 0.2) is 36.5 Å². The van der Waals surface area contributed by atoms with Gasteiger partial charge in [-0.15, -0.1) is 0 Å². The van der Waals surface area contributed by atoms with Crippen molar-refractivity contribution in [3.05, 3.63) is 36.5 Å². The topological polar surface area (TPSA) is 78.9 Å². The number of esters is 3. The molecule has 0 aliphatic carbocycles. The van der Waals surface area contributed by atoms with Gasteiger partial charge in [-0.2, -0.15) is 0 Å². The maximum atomic E-state index is 12.8. The quantitative estimate of drug-likeness (QED) is 0.0261. The summed E-state index contributed by atoms with van der Waals surface area (Å²) in [6.45, 7) is 6.59. The van der Waals surface area contributed by atoms with Crippen molar-refractivity contribution in [3.8, 4) is 0 Å². The van der Waals surface area contributed by atoms with Crippen LogP contribution in [0.3, 0.4) is 0 Å². The predicted octanol–water partition coefficient (Wildman–Crippen LogP) is 21.2. The van der Waals surface area contributed by atoms with E-state index in [4.69, 9.17) is 14.2 Å². The van der Waals surface area contributed by atoms with Gasteiger partial charge in [-0.3, -0.25) is 14.4 Å². The van der Waals surface area contributed by atoms with Crippen LogP contribution in [0.25, 0.3) is 0 Å². The van der Waals surface area contributed by atoms with E-state index in [9.17, 15) is 14.4 Å². The Kier molecular flexibility index (Phi) is 58.2. The van der Waals surface area contributed by atoms with Crippen molar-refractivity contribution in [3.63, 3.8) is 0 Å². The van der Waals surface area contributed by atoms with Crippen LogP contribution < -0.4 is 0 Å². The molecule has 0 aromatic rings. The fourth-order valence-electron chi connectivity index (χ4n) is 9.33. The fourth-order valence-corrected chi connectivity index (χ4v) is 9.33. The fraction of sp³-hybridized carbons (Fsp3) is 0.862. The van der Waals surface area contributed by atoms with Crippen LogP contribution >= 0.6 is 0 Å². The van der Waals surface area contributed by atoms with Crippen LogP contribution in [0.4, 0.5) is 0 Å². The van der Waals surface area contributed by atoms with Crippen LogP contribution in [0, 0.1) is 0 Å². The van der Waals surface area contributed by atoms with Crippen molar-refractivity contribution >= 4 is 17.9 Å². The first-order valence-corrected chi connectivity index (χ1v) is 31.5. The summed E-state index contributed by atoms with van der Waals surface area (Å²) in [5.41, 5.74) is 0. The van der Waals surface area contributed by atoms with Crippen molar-refractivity contribution < 1.29 is 28.6 Å². The lowest BCUT2D eigenvalue weighted by Crippen LogP contribution is -2.30. The molecule has 0 heterocycles. The molecule has 0 aromatic heterocycles. The van der Waals surface area contributed by atoms with E-state index in [1.54, 1.807) is 0 Å². The second-order valence-electron chi connectivity index (χ2n) is 21.3. The highest BCUT2D eigenvalue weighted by Gasteiger charge is 2.19. The first-order chi connectivity index (χ1) is 35.0. The Balaban J connectivity index is 4.12. The van der Waals surface area contributed by atoms with Gasteiger partial charge in [0.15, 0.2) is 6.10 Å². The van der Waals surface area contributed by atoms with E-state index in [0.717, 1.165) is 89.9 Å². The second kappa shape index (κ2) is 60.2. The van der Waals surface area contributed by atoms with Gasteiger partial charge in [0.25, 0.3) is 0 Å². The minimum atomic E-state index is -0.780. The highest BCUT2D eigenvalue weighted by Crippen LogP contribution is 2.18. The third-order valence-electron chi connectivity index (χ3n) is 14.1. The molecule has 0 saturated heterocycles. The Labute approximate surface area is 442 Å². The van der Waals surface area contributed by atoms with E-state index in [2.05, 4.69) is 57.2 Å². The molecule has 0 bridgehead atoms. The van der Waals surface area contributed by atoms with Crippen molar-refractivity contribution in [1.29, 1.82) is 0 Å². The Morgan fingerprint density at radius 2 is 0.521 bits per heavy atom. The summed E-state index contributed by atoms with van der Waals surface area (Å²) in [5.74, 6) is -0.884. The average molecular weight is 998 g/mol. The van der Waals surface area contributed by atoms with Gasteiger partial charge >= 0.3 is 17.9 Å².